The third-order valence-corrected chi connectivity index (χ3v) is 15.3. The van der Waals surface area contributed by atoms with E-state index in [2.05, 4.69) is 40.7 Å². The second-order valence-corrected chi connectivity index (χ2v) is 18.0. The van der Waals surface area contributed by atoms with Gasteiger partial charge in [0.25, 0.3) is 0 Å². The van der Waals surface area contributed by atoms with Gasteiger partial charge in [-0.15, -0.1) is 0 Å². The molecule has 4 saturated carbocycles. The Kier molecular flexibility index (Phi) is 8.68. The van der Waals surface area contributed by atoms with E-state index in [9.17, 15) is 45.6 Å². The number of rotatable bonds is 5. The maximum absolute atomic E-state index is 13.0. The van der Waals surface area contributed by atoms with Gasteiger partial charge in [-0.25, -0.2) is 0 Å². The van der Waals surface area contributed by atoms with Crippen LogP contribution in [0.15, 0.2) is 11.6 Å². The molecule has 1 heterocycles. The first-order valence-electron chi connectivity index (χ1n) is 17.6. The Balaban J connectivity index is 1.36. The van der Waals surface area contributed by atoms with E-state index in [1.165, 1.54) is 5.57 Å². The minimum Gasteiger partial charge on any atom is -0.481 e. The molecule has 0 aromatic carbocycles. The molecule has 5 aliphatic carbocycles. The van der Waals surface area contributed by atoms with Crippen molar-refractivity contribution in [3.05, 3.63) is 11.6 Å². The largest absolute Gasteiger partial charge is 0.481 e. The van der Waals surface area contributed by atoms with Crippen molar-refractivity contribution in [3.63, 3.8) is 0 Å². The fourth-order valence-corrected chi connectivity index (χ4v) is 12.4. The fraction of sp³-hybridized carbons (Fsp3) is 0.917. The summed E-state index contributed by atoms with van der Waals surface area (Å²) in [5, 5.41) is 86.5. The van der Waals surface area contributed by atoms with E-state index in [0.29, 0.717) is 38.5 Å². The highest BCUT2D eigenvalue weighted by molar-refractivity contribution is 5.77. The zero-order valence-corrected chi connectivity index (χ0v) is 28.8. The summed E-state index contributed by atoms with van der Waals surface area (Å²) in [4.78, 5) is 13.0. The normalized spacial score (nSPS) is 55.5. The second kappa shape index (κ2) is 11.4. The Morgan fingerprint density at radius 1 is 0.894 bits per heavy atom. The molecule has 47 heavy (non-hydrogen) atoms. The van der Waals surface area contributed by atoms with Gasteiger partial charge >= 0.3 is 5.97 Å². The number of aliphatic hydroxyl groups excluding tert-OH is 7. The van der Waals surface area contributed by atoms with Crippen molar-refractivity contribution in [2.75, 3.05) is 13.2 Å². The van der Waals surface area contributed by atoms with Crippen molar-refractivity contribution in [3.8, 4) is 0 Å². The second-order valence-electron chi connectivity index (χ2n) is 18.0. The molecule has 11 nitrogen and oxygen atoms in total. The summed E-state index contributed by atoms with van der Waals surface area (Å²) in [5.74, 6) is -1.24. The van der Waals surface area contributed by atoms with Crippen LogP contribution in [0.3, 0.4) is 0 Å². The van der Waals surface area contributed by atoms with Gasteiger partial charge in [0.2, 0.25) is 0 Å². The van der Waals surface area contributed by atoms with Gasteiger partial charge in [0, 0.05) is 5.41 Å². The maximum Gasteiger partial charge on any atom is 0.312 e. The lowest BCUT2D eigenvalue weighted by Gasteiger charge is -2.72. The summed E-state index contributed by atoms with van der Waals surface area (Å²) >= 11 is 0. The molecule has 0 radical (unpaired) electrons. The lowest BCUT2D eigenvalue weighted by molar-refractivity contribution is -0.345. The molecule has 0 aromatic heterocycles. The van der Waals surface area contributed by atoms with E-state index >= 15 is 0 Å². The summed E-state index contributed by atoms with van der Waals surface area (Å²) in [6.45, 7) is 12.1. The van der Waals surface area contributed by atoms with Gasteiger partial charge in [-0.1, -0.05) is 53.2 Å². The van der Waals surface area contributed by atoms with Crippen LogP contribution in [0.5, 0.6) is 0 Å². The van der Waals surface area contributed by atoms with Gasteiger partial charge in [-0.05, 0) is 90.8 Å². The van der Waals surface area contributed by atoms with Crippen LogP contribution < -0.4 is 0 Å². The molecule has 8 N–H and O–H groups in total. The number of carboxylic acid groups (broad SMARTS) is 1. The van der Waals surface area contributed by atoms with E-state index in [1.54, 1.807) is 0 Å². The lowest BCUT2D eigenvalue weighted by Crippen LogP contribution is -2.70. The Hall–Kier alpha value is -1.15. The maximum atomic E-state index is 13.0. The van der Waals surface area contributed by atoms with Crippen LogP contribution in [0.4, 0.5) is 0 Å². The van der Waals surface area contributed by atoms with Gasteiger partial charge in [0.15, 0.2) is 6.29 Å². The molecule has 6 aliphatic rings. The number of fused-ring (bicyclic) bond motifs is 7. The van der Waals surface area contributed by atoms with Gasteiger partial charge in [-0.3, -0.25) is 4.79 Å². The first kappa shape index (κ1) is 35.7. The number of hydrogen-bond acceptors (Lipinski definition) is 10. The molecule has 0 spiro atoms. The van der Waals surface area contributed by atoms with Crippen LogP contribution in [0.25, 0.3) is 0 Å². The minimum absolute atomic E-state index is 0.0454. The molecule has 1 saturated heterocycles. The predicted octanol–water partition coefficient (Wildman–Crippen LogP) is 1.97. The molecule has 0 bridgehead atoms. The van der Waals surface area contributed by atoms with Gasteiger partial charge < -0.3 is 50.3 Å². The van der Waals surface area contributed by atoms with E-state index in [0.717, 1.165) is 12.8 Å². The molecule has 16 atom stereocenters. The fourth-order valence-electron chi connectivity index (χ4n) is 12.4. The smallest absolute Gasteiger partial charge is 0.312 e. The van der Waals surface area contributed by atoms with E-state index in [-0.39, 0.29) is 35.2 Å². The quantitative estimate of drug-likeness (QED) is 0.158. The Labute approximate surface area is 278 Å². The summed E-state index contributed by atoms with van der Waals surface area (Å²) in [6.07, 6.45) is -3.39. The molecule has 16 unspecified atom stereocenters. The first-order valence-corrected chi connectivity index (χ1v) is 17.6. The average molecular weight is 667 g/mol. The Bertz CT molecular complexity index is 1270. The van der Waals surface area contributed by atoms with Crippen LogP contribution >= 0.6 is 0 Å². The molecule has 11 heteroatoms. The molecule has 0 amide bonds. The minimum atomic E-state index is -1.63. The number of allylic oxidation sites excluding steroid dienone is 2. The highest BCUT2D eigenvalue weighted by Crippen LogP contribution is 2.76. The first-order chi connectivity index (χ1) is 21.8. The monoisotopic (exact) mass is 666 g/mol. The topological polar surface area (TPSA) is 197 Å². The summed E-state index contributed by atoms with van der Waals surface area (Å²) in [5.41, 5.74) is -2.31. The molecule has 0 aromatic rings. The van der Waals surface area contributed by atoms with Crippen molar-refractivity contribution in [2.45, 2.75) is 142 Å². The zero-order valence-electron chi connectivity index (χ0n) is 28.8. The highest BCUT2D eigenvalue weighted by Gasteiger charge is 2.72. The van der Waals surface area contributed by atoms with Crippen LogP contribution in [-0.2, 0) is 14.3 Å². The number of aliphatic carboxylic acids is 1. The molecule has 5 fully saturated rings. The SMILES string of the molecule is CC1(C)CCC2(C(=O)O)C(O)CC3(C)C(=CCC4C5(C)CC(O)C(OC6OC(CO)C(O)C(O)C6O)C(C)(CO)C5CCC43C)C2C1. The van der Waals surface area contributed by atoms with E-state index in [4.69, 9.17) is 9.47 Å². The summed E-state index contributed by atoms with van der Waals surface area (Å²) < 4.78 is 11.9. The van der Waals surface area contributed by atoms with Gasteiger partial charge in [0.1, 0.15) is 29.8 Å². The van der Waals surface area contributed by atoms with Crippen molar-refractivity contribution < 1.29 is 55.1 Å². The number of ether oxygens (including phenoxy) is 2. The zero-order chi connectivity index (χ0) is 34.7. The Morgan fingerprint density at radius 3 is 2.19 bits per heavy atom. The highest BCUT2D eigenvalue weighted by atomic mass is 16.7. The number of aliphatic hydroxyl groups is 7. The standard InChI is InChI=1S/C36H58O11/c1-31(2)11-12-36(30(44)45)19(13-31)18-7-8-23-32(3)14-20(39)28(47-29-27(43)26(42)25(41)21(16-37)46-29)33(4,17-38)22(32)9-10-34(23,5)35(18,6)15-24(36)40/h7,19-29,37-43H,8-17H2,1-6H3,(H,44,45). The van der Waals surface area contributed by atoms with Crippen molar-refractivity contribution >= 4 is 5.97 Å². The molecule has 6 rings (SSSR count). The van der Waals surface area contributed by atoms with E-state index in [1.807, 2.05) is 6.92 Å². The van der Waals surface area contributed by atoms with Gasteiger partial charge in [-0.2, -0.15) is 0 Å². The number of carboxylic acids is 1. The number of hydrogen-bond donors (Lipinski definition) is 8. The van der Waals surface area contributed by atoms with Crippen molar-refractivity contribution in [1.29, 1.82) is 0 Å². The molecular formula is C36H58O11. The van der Waals surface area contributed by atoms with Crippen LogP contribution in [0, 0.1) is 50.2 Å². The summed E-state index contributed by atoms with van der Waals surface area (Å²) in [6, 6.07) is 0. The van der Waals surface area contributed by atoms with Crippen LogP contribution in [0.1, 0.15) is 92.9 Å². The predicted molar refractivity (Wildman–Crippen MR) is 170 cm³/mol. The van der Waals surface area contributed by atoms with Crippen molar-refractivity contribution in [1.82, 2.24) is 0 Å². The third-order valence-electron chi connectivity index (χ3n) is 15.3. The molecule has 268 valence electrons. The Morgan fingerprint density at radius 2 is 1.57 bits per heavy atom. The lowest BCUT2D eigenvalue weighted by atomic mass is 9.33. The van der Waals surface area contributed by atoms with E-state index < -0.39 is 83.3 Å². The number of carbonyl (C=O) groups is 1. The van der Waals surface area contributed by atoms with Crippen LogP contribution in [-0.4, -0.2) is 109 Å². The van der Waals surface area contributed by atoms with Crippen LogP contribution in [0.2, 0.25) is 0 Å². The molecule has 1 aliphatic heterocycles. The molecular weight excluding hydrogens is 608 g/mol. The van der Waals surface area contributed by atoms with Crippen molar-refractivity contribution in [2.24, 2.45) is 50.2 Å². The average Bonchev–Trinajstić information content (AvgIpc) is 2.98. The summed E-state index contributed by atoms with van der Waals surface area (Å²) in [7, 11) is 0. The van der Waals surface area contributed by atoms with Gasteiger partial charge in [0.05, 0.1) is 31.5 Å². The third kappa shape index (κ3) is 4.74.